The molecule has 0 aliphatic rings. The Kier molecular flexibility index (Phi) is 15.6. The highest BCUT2D eigenvalue weighted by Crippen LogP contribution is 2.21. The first-order chi connectivity index (χ1) is 15.4. The largest absolute Gasteiger partial charge is 0.368 e. The third kappa shape index (κ3) is 11.6. The first kappa shape index (κ1) is 31.6. The summed E-state index contributed by atoms with van der Waals surface area (Å²) < 4.78 is 10.6. The lowest BCUT2D eigenvalue weighted by Gasteiger charge is -2.36. The Bertz CT molecular complexity index is 601. The molecular weight excluding hydrogens is 444 g/mol. The van der Waals surface area contributed by atoms with Crippen LogP contribution in [0.25, 0.3) is 0 Å². The zero-order valence-electron chi connectivity index (χ0n) is 21.9. The van der Waals surface area contributed by atoms with E-state index >= 15 is 0 Å². The van der Waals surface area contributed by atoms with Gasteiger partial charge in [0.2, 0.25) is 17.7 Å². The van der Waals surface area contributed by atoms with E-state index in [0.717, 1.165) is 25.4 Å². The van der Waals surface area contributed by atoms with E-state index in [1.54, 1.807) is 25.9 Å². The van der Waals surface area contributed by atoms with E-state index in [0.29, 0.717) is 18.6 Å². The molecule has 0 saturated heterocycles. The second kappa shape index (κ2) is 16.3. The Hall–Kier alpha value is -1.36. The molecule has 9 nitrogen and oxygen atoms in total. The molecule has 0 aromatic rings. The van der Waals surface area contributed by atoms with Gasteiger partial charge in [-0.2, -0.15) is 11.8 Å². The van der Waals surface area contributed by atoms with Crippen LogP contribution in [0.1, 0.15) is 53.9 Å². The van der Waals surface area contributed by atoms with Gasteiger partial charge in [-0.05, 0) is 33.4 Å². The molecule has 0 fully saturated rings. The molecule has 33 heavy (non-hydrogen) atoms. The average molecular weight is 491 g/mol. The van der Waals surface area contributed by atoms with Gasteiger partial charge in [0, 0.05) is 52.1 Å². The number of likely N-dealkylation sites (N-methyl/N-ethyl adjacent to an activating group) is 2. The van der Waals surface area contributed by atoms with Crippen LogP contribution in [-0.4, -0.2) is 109 Å². The standard InChI is InChI=1S/C23H46N4O5S/c1-9-12-20(28)25(6)19(16-33-14-13-27(10-2)11-3)22(30)26(7)18(21(24)29)15-23(4,5)32-17-31-8/h18-19H,9-17H2,1-8H3,(H2,24,29)/t18-,19+/m0/s1. The highest BCUT2D eigenvalue weighted by molar-refractivity contribution is 7.99. The maximum absolute atomic E-state index is 13.5. The Balaban J connectivity index is 5.52. The van der Waals surface area contributed by atoms with Crippen molar-refractivity contribution in [3.05, 3.63) is 0 Å². The van der Waals surface area contributed by atoms with Crippen LogP contribution in [0, 0.1) is 0 Å². The molecule has 10 heteroatoms. The lowest BCUT2D eigenvalue weighted by molar-refractivity contribution is -0.151. The van der Waals surface area contributed by atoms with Crippen LogP contribution in [0.3, 0.4) is 0 Å². The zero-order valence-corrected chi connectivity index (χ0v) is 22.7. The van der Waals surface area contributed by atoms with Crippen LogP contribution in [0.15, 0.2) is 0 Å². The van der Waals surface area contributed by atoms with Crippen molar-refractivity contribution in [1.29, 1.82) is 0 Å². The second-order valence-corrected chi connectivity index (χ2v) is 9.90. The number of hydrogen-bond acceptors (Lipinski definition) is 7. The van der Waals surface area contributed by atoms with Gasteiger partial charge in [-0.25, -0.2) is 0 Å². The number of nitrogens with two attached hydrogens (primary N) is 1. The Morgan fingerprint density at radius 2 is 1.64 bits per heavy atom. The predicted molar refractivity (Wildman–Crippen MR) is 134 cm³/mol. The molecule has 0 aromatic carbocycles. The minimum Gasteiger partial charge on any atom is -0.368 e. The summed E-state index contributed by atoms with van der Waals surface area (Å²) in [6.45, 7) is 12.7. The van der Waals surface area contributed by atoms with Gasteiger partial charge in [0.15, 0.2) is 0 Å². The molecule has 0 heterocycles. The van der Waals surface area contributed by atoms with Crippen LogP contribution in [0.5, 0.6) is 0 Å². The van der Waals surface area contributed by atoms with E-state index in [1.807, 2.05) is 20.8 Å². The number of nitrogens with zero attached hydrogens (tertiary/aromatic N) is 3. The van der Waals surface area contributed by atoms with Crippen molar-refractivity contribution >= 4 is 29.5 Å². The molecule has 0 radical (unpaired) electrons. The average Bonchev–Trinajstić information content (AvgIpc) is 2.77. The number of hydrogen-bond donors (Lipinski definition) is 1. The van der Waals surface area contributed by atoms with Gasteiger partial charge in [0.05, 0.1) is 5.60 Å². The molecule has 0 spiro atoms. The molecule has 3 amide bonds. The summed E-state index contributed by atoms with van der Waals surface area (Å²) in [4.78, 5) is 43.6. The molecule has 2 N–H and O–H groups in total. The number of methoxy groups -OCH3 is 1. The molecule has 0 aliphatic heterocycles. The van der Waals surface area contributed by atoms with Gasteiger partial charge in [-0.15, -0.1) is 0 Å². The summed E-state index contributed by atoms with van der Waals surface area (Å²) >= 11 is 1.63. The van der Waals surface area contributed by atoms with Gasteiger partial charge in [0.1, 0.15) is 18.9 Å². The van der Waals surface area contributed by atoms with Crippen molar-refractivity contribution in [2.45, 2.75) is 71.6 Å². The van der Waals surface area contributed by atoms with Gasteiger partial charge >= 0.3 is 0 Å². The van der Waals surface area contributed by atoms with E-state index in [-0.39, 0.29) is 25.0 Å². The quantitative estimate of drug-likeness (QED) is 0.231. The summed E-state index contributed by atoms with van der Waals surface area (Å²) in [5.41, 5.74) is 4.94. The van der Waals surface area contributed by atoms with E-state index in [2.05, 4.69) is 18.7 Å². The Morgan fingerprint density at radius 3 is 2.12 bits per heavy atom. The number of carbonyl (C=O) groups is 3. The van der Waals surface area contributed by atoms with E-state index < -0.39 is 23.6 Å². The first-order valence-electron chi connectivity index (χ1n) is 11.7. The molecule has 0 saturated carbocycles. The molecule has 2 atom stereocenters. The molecular formula is C23H46N4O5S. The highest BCUT2D eigenvalue weighted by atomic mass is 32.2. The maximum Gasteiger partial charge on any atom is 0.246 e. The van der Waals surface area contributed by atoms with E-state index in [4.69, 9.17) is 15.2 Å². The molecule has 0 bridgehead atoms. The monoisotopic (exact) mass is 490 g/mol. The van der Waals surface area contributed by atoms with E-state index in [9.17, 15) is 14.4 Å². The van der Waals surface area contributed by atoms with Crippen molar-refractivity contribution in [2.24, 2.45) is 5.73 Å². The zero-order chi connectivity index (χ0) is 25.6. The minimum absolute atomic E-state index is 0.0657. The summed E-state index contributed by atoms with van der Waals surface area (Å²) in [7, 11) is 4.74. The molecule has 0 aromatic heterocycles. The van der Waals surface area contributed by atoms with Crippen LogP contribution in [0.4, 0.5) is 0 Å². The van der Waals surface area contributed by atoms with Crippen LogP contribution >= 0.6 is 11.8 Å². The fourth-order valence-electron chi connectivity index (χ4n) is 3.40. The third-order valence-corrected chi connectivity index (χ3v) is 6.75. The maximum atomic E-state index is 13.5. The second-order valence-electron chi connectivity index (χ2n) is 8.75. The number of amides is 3. The fraction of sp³-hybridized carbons (Fsp3) is 0.870. The number of thioether (sulfide) groups is 1. The lowest BCUT2D eigenvalue weighted by Crippen LogP contribution is -2.56. The van der Waals surface area contributed by atoms with Crippen molar-refractivity contribution in [3.8, 4) is 0 Å². The number of carbonyl (C=O) groups excluding carboxylic acids is 3. The topological polar surface area (TPSA) is 105 Å². The fourth-order valence-corrected chi connectivity index (χ4v) is 4.54. The normalized spacial score (nSPS) is 13.6. The SMILES string of the molecule is CCCC(=O)N(C)[C@H](CSCCN(CC)CC)C(=O)N(C)[C@@H](CC(C)(C)OCOC)C(N)=O. The summed E-state index contributed by atoms with van der Waals surface area (Å²) in [6.07, 6.45) is 1.28. The van der Waals surface area contributed by atoms with Gasteiger partial charge in [0.25, 0.3) is 0 Å². The number of ether oxygens (including phenoxy) is 2. The lowest BCUT2D eigenvalue weighted by atomic mass is 9.97. The van der Waals surface area contributed by atoms with Crippen LogP contribution in [-0.2, 0) is 23.9 Å². The summed E-state index contributed by atoms with van der Waals surface area (Å²) in [5, 5.41) is 0. The van der Waals surface area contributed by atoms with Crippen molar-refractivity contribution in [2.75, 3.05) is 59.1 Å². The number of rotatable bonds is 18. The third-order valence-electron chi connectivity index (χ3n) is 5.73. The molecule has 0 unspecified atom stereocenters. The molecule has 194 valence electrons. The summed E-state index contributed by atoms with van der Waals surface area (Å²) in [6, 6.07) is -1.55. The van der Waals surface area contributed by atoms with Gasteiger partial charge < -0.3 is 29.9 Å². The molecule has 0 aliphatic carbocycles. The van der Waals surface area contributed by atoms with Crippen molar-refractivity contribution < 1.29 is 23.9 Å². The van der Waals surface area contributed by atoms with Crippen LogP contribution < -0.4 is 5.73 Å². The van der Waals surface area contributed by atoms with Crippen LogP contribution in [0.2, 0.25) is 0 Å². The Morgan fingerprint density at radius 1 is 1.03 bits per heavy atom. The van der Waals surface area contributed by atoms with Gasteiger partial charge in [-0.1, -0.05) is 20.8 Å². The first-order valence-corrected chi connectivity index (χ1v) is 12.9. The number of primary amides is 1. The molecule has 0 rings (SSSR count). The van der Waals surface area contributed by atoms with Crippen molar-refractivity contribution in [1.82, 2.24) is 14.7 Å². The smallest absolute Gasteiger partial charge is 0.246 e. The predicted octanol–water partition coefficient (Wildman–Crippen LogP) is 1.79. The highest BCUT2D eigenvalue weighted by Gasteiger charge is 2.37. The summed E-state index contributed by atoms with van der Waals surface area (Å²) in [5.74, 6) is 0.292. The van der Waals surface area contributed by atoms with E-state index in [1.165, 1.54) is 16.9 Å². The Labute approximate surface area is 204 Å². The van der Waals surface area contributed by atoms with Gasteiger partial charge in [-0.3, -0.25) is 14.4 Å². The minimum atomic E-state index is -0.873. The van der Waals surface area contributed by atoms with Crippen molar-refractivity contribution in [3.63, 3.8) is 0 Å².